The SMILES string of the molecule is CCOc1cc(C=NNc2ccccc2)ccc1OC(=O)C(C)C. The van der Waals surface area contributed by atoms with E-state index in [1.54, 1.807) is 32.2 Å². The van der Waals surface area contributed by atoms with Crippen molar-refractivity contribution < 1.29 is 14.3 Å². The molecular formula is C19H22N2O3. The summed E-state index contributed by atoms with van der Waals surface area (Å²) in [6.07, 6.45) is 1.68. The van der Waals surface area contributed by atoms with E-state index in [0.717, 1.165) is 11.3 Å². The minimum atomic E-state index is -0.289. The molecular weight excluding hydrogens is 304 g/mol. The zero-order valence-electron chi connectivity index (χ0n) is 14.2. The van der Waals surface area contributed by atoms with E-state index in [1.165, 1.54) is 0 Å². The van der Waals surface area contributed by atoms with Crippen molar-refractivity contribution in [3.05, 3.63) is 54.1 Å². The molecule has 0 saturated carbocycles. The van der Waals surface area contributed by atoms with Crippen LogP contribution in [0.1, 0.15) is 26.3 Å². The second kappa shape index (κ2) is 8.72. The number of nitrogens with one attached hydrogen (secondary N) is 1. The summed E-state index contributed by atoms with van der Waals surface area (Å²) in [5.41, 5.74) is 4.69. The number of ether oxygens (including phenoxy) is 2. The van der Waals surface area contributed by atoms with E-state index < -0.39 is 0 Å². The molecule has 126 valence electrons. The number of benzene rings is 2. The molecule has 5 heteroatoms. The lowest BCUT2D eigenvalue weighted by atomic mass is 10.2. The lowest BCUT2D eigenvalue weighted by molar-refractivity contribution is -0.137. The molecule has 0 aromatic heterocycles. The first-order valence-electron chi connectivity index (χ1n) is 7.92. The van der Waals surface area contributed by atoms with E-state index in [0.29, 0.717) is 18.1 Å². The zero-order chi connectivity index (χ0) is 17.4. The van der Waals surface area contributed by atoms with Crippen LogP contribution in [0.2, 0.25) is 0 Å². The fraction of sp³-hybridized carbons (Fsp3) is 0.263. The largest absolute Gasteiger partial charge is 0.490 e. The minimum Gasteiger partial charge on any atom is -0.490 e. The van der Waals surface area contributed by atoms with Crippen molar-refractivity contribution in [3.63, 3.8) is 0 Å². The predicted octanol–water partition coefficient (Wildman–Crippen LogP) is 4.09. The van der Waals surface area contributed by atoms with Crippen molar-refractivity contribution in [1.29, 1.82) is 0 Å². The van der Waals surface area contributed by atoms with Gasteiger partial charge in [-0.15, -0.1) is 0 Å². The summed E-state index contributed by atoms with van der Waals surface area (Å²) in [5, 5.41) is 4.19. The second-order valence-electron chi connectivity index (χ2n) is 5.45. The number of anilines is 1. The smallest absolute Gasteiger partial charge is 0.313 e. The third-order valence-corrected chi connectivity index (χ3v) is 3.13. The van der Waals surface area contributed by atoms with Gasteiger partial charge in [0.15, 0.2) is 11.5 Å². The fourth-order valence-corrected chi connectivity index (χ4v) is 1.88. The summed E-state index contributed by atoms with van der Waals surface area (Å²) < 4.78 is 10.9. The van der Waals surface area contributed by atoms with Crippen molar-refractivity contribution in [1.82, 2.24) is 0 Å². The maximum absolute atomic E-state index is 11.8. The Morgan fingerprint density at radius 2 is 1.92 bits per heavy atom. The van der Waals surface area contributed by atoms with Gasteiger partial charge in [0, 0.05) is 0 Å². The van der Waals surface area contributed by atoms with Gasteiger partial charge in [-0.1, -0.05) is 32.0 Å². The molecule has 0 unspecified atom stereocenters. The maximum atomic E-state index is 11.8. The van der Waals surface area contributed by atoms with Gasteiger partial charge in [-0.3, -0.25) is 10.2 Å². The van der Waals surface area contributed by atoms with E-state index in [9.17, 15) is 4.79 Å². The van der Waals surface area contributed by atoms with Crippen LogP contribution in [0.4, 0.5) is 5.69 Å². The quantitative estimate of drug-likeness (QED) is 0.360. The van der Waals surface area contributed by atoms with E-state index >= 15 is 0 Å². The number of para-hydroxylation sites is 1. The van der Waals surface area contributed by atoms with Crippen LogP contribution in [0.3, 0.4) is 0 Å². The highest BCUT2D eigenvalue weighted by Crippen LogP contribution is 2.28. The molecule has 0 fully saturated rings. The normalized spacial score (nSPS) is 10.8. The van der Waals surface area contributed by atoms with E-state index in [2.05, 4.69) is 10.5 Å². The zero-order valence-corrected chi connectivity index (χ0v) is 14.2. The molecule has 1 N–H and O–H groups in total. The number of esters is 1. The Morgan fingerprint density at radius 3 is 2.58 bits per heavy atom. The van der Waals surface area contributed by atoms with Crippen molar-refractivity contribution in [3.8, 4) is 11.5 Å². The van der Waals surface area contributed by atoms with Crippen LogP contribution in [0, 0.1) is 5.92 Å². The Bertz CT molecular complexity index is 697. The van der Waals surface area contributed by atoms with Crippen LogP contribution in [-0.4, -0.2) is 18.8 Å². The average Bonchev–Trinajstić information content (AvgIpc) is 2.58. The summed E-state index contributed by atoms with van der Waals surface area (Å²) in [6, 6.07) is 15.0. The highest BCUT2D eigenvalue weighted by Gasteiger charge is 2.13. The van der Waals surface area contributed by atoms with Crippen molar-refractivity contribution in [2.45, 2.75) is 20.8 Å². The van der Waals surface area contributed by atoms with Crippen molar-refractivity contribution in [2.24, 2.45) is 11.0 Å². The van der Waals surface area contributed by atoms with Gasteiger partial charge in [0.2, 0.25) is 0 Å². The van der Waals surface area contributed by atoms with Crippen LogP contribution in [0.25, 0.3) is 0 Å². The van der Waals surface area contributed by atoms with Gasteiger partial charge >= 0.3 is 5.97 Å². The molecule has 0 bridgehead atoms. The van der Waals surface area contributed by atoms with Gasteiger partial charge in [-0.05, 0) is 42.8 Å². The van der Waals surface area contributed by atoms with Gasteiger partial charge in [0.25, 0.3) is 0 Å². The summed E-state index contributed by atoms with van der Waals surface area (Å²) in [6.45, 7) is 5.94. The third-order valence-electron chi connectivity index (χ3n) is 3.13. The van der Waals surface area contributed by atoms with Crippen LogP contribution in [0.15, 0.2) is 53.6 Å². The Hall–Kier alpha value is -2.82. The summed E-state index contributed by atoms with van der Waals surface area (Å²) in [5.74, 6) is 0.456. The molecule has 0 aliphatic carbocycles. The summed E-state index contributed by atoms with van der Waals surface area (Å²) in [4.78, 5) is 11.8. The fourth-order valence-electron chi connectivity index (χ4n) is 1.88. The van der Waals surface area contributed by atoms with Gasteiger partial charge in [0.05, 0.1) is 24.4 Å². The van der Waals surface area contributed by atoms with Gasteiger partial charge < -0.3 is 9.47 Å². The van der Waals surface area contributed by atoms with Crippen LogP contribution in [0.5, 0.6) is 11.5 Å². The summed E-state index contributed by atoms with van der Waals surface area (Å²) >= 11 is 0. The van der Waals surface area contributed by atoms with E-state index in [1.807, 2.05) is 43.3 Å². The maximum Gasteiger partial charge on any atom is 0.313 e. The first kappa shape index (κ1) is 17.5. The number of rotatable bonds is 7. The molecule has 0 aliphatic heterocycles. The van der Waals surface area contributed by atoms with E-state index in [4.69, 9.17) is 9.47 Å². The van der Waals surface area contributed by atoms with Gasteiger partial charge in [-0.25, -0.2) is 0 Å². The number of nitrogens with zero attached hydrogens (tertiary/aromatic N) is 1. The number of hydrogen-bond acceptors (Lipinski definition) is 5. The standard InChI is InChI=1S/C19H22N2O3/c1-4-23-18-12-15(10-11-17(18)24-19(22)14(2)3)13-20-21-16-8-6-5-7-9-16/h5-14,21H,4H2,1-3H3. The molecule has 24 heavy (non-hydrogen) atoms. The monoisotopic (exact) mass is 326 g/mol. The van der Waals surface area contributed by atoms with Gasteiger partial charge in [0.1, 0.15) is 0 Å². The van der Waals surface area contributed by atoms with Crippen molar-refractivity contribution >= 4 is 17.9 Å². The highest BCUT2D eigenvalue weighted by molar-refractivity contribution is 5.82. The van der Waals surface area contributed by atoms with Crippen LogP contribution >= 0.6 is 0 Å². The first-order chi connectivity index (χ1) is 11.6. The van der Waals surface area contributed by atoms with Crippen molar-refractivity contribution in [2.75, 3.05) is 12.0 Å². The lowest BCUT2D eigenvalue weighted by Crippen LogP contribution is -2.15. The first-order valence-corrected chi connectivity index (χ1v) is 7.92. The lowest BCUT2D eigenvalue weighted by Gasteiger charge is -2.12. The molecule has 0 amide bonds. The predicted molar refractivity (Wildman–Crippen MR) is 95.7 cm³/mol. The minimum absolute atomic E-state index is 0.198. The van der Waals surface area contributed by atoms with Crippen LogP contribution in [-0.2, 0) is 4.79 Å². The average molecular weight is 326 g/mol. The number of hydrogen-bond donors (Lipinski definition) is 1. The highest BCUT2D eigenvalue weighted by atomic mass is 16.6. The molecule has 2 aromatic carbocycles. The molecule has 0 spiro atoms. The molecule has 2 rings (SSSR count). The Morgan fingerprint density at radius 1 is 1.17 bits per heavy atom. The topological polar surface area (TPSA) is 59.9 Å². The van der Waals surface area contributed by atoms with Crippen LogP contribution < -0.4 is 14.9 Å². The number of hydrazone groups is 1. The van der Waals surface area contributed by atoms with Gasteiger partial charge in [-0.2, -0.15) is 5.10 Å². The molecule has 0 aliphatic rings. The molecule has 5 nitrogen and oxygen atoms in total. The molecule has 0 heterocycles. The summed E-state index contributed by atoms with van der Waals surface area (Å²) in [7, 11) is 0. The molecule has 2 aromatic rings. The van der Waals surface area contributed by atoms with E-state index in [-0.39, 0.29) is 11.9 Å². The molecule has 0 atom stereocenters. The Labute approximate surface area is 142 Å². The number of carbonyl (C=O) groups excluding carboxylic acids is 1. The molecule has 0 saturated heterocycles. The molecule has 0 radical (unpaired) electrons. The third kappa shape index (κ3) is 5.12. The Balaban J connectivity index is 2.11. The second-order valence-corrected chi connectivity index (χ2v) is 5.45. The number of carbonyl (C=O) groups is 1. The Kier molecular flexibility index (Phi) is 6.37.